The highest BCUT2D eigenvalue weighted by Crippen LogP contribution is 2.40. The van der Waals surface area contributed by atoms with Crippen LogP contribution in [0, 0.1) is 12.8 Å². The van der Waals surface area contributed by atoms with Gasteiger partial charge in [0.25, 0.3) is 11.7 Å². The molecule has 39 heavy (non-hydrogen) atoms. The smallest absolute Gasteiger partial charge is 0.295 e. The minimum Gasteiger partial charge on any atom is -0.507 e. The predicted molar refractivity (Wildman–Crippen MR) is 150 cm³/mol. The quantitative estimate of drug-likeness (QED) is 0.198. The highest BCUT2D eigenvalue weighted by molar-refractivity contribution is 6.46. The molecule has 0 aliphatic carbocycles. The zero-order chi connectivity index (χ0) is 27.9. The zero-order valence-corrected chi connectivity index (χ0v) is 23.0. The number of hydrogen-bond donors (Lipinski definition) is 1. The molecular formula is C31H38N2O6. The average molecular weight is 535 g/mol. The molecule has 0 bridgehead atoms. The number of amides is 1. The van der Waals surface area contributed by atoms with Crippen molar-refractivity contribution >= 4 is 17.4 Å². The fourth-order valence-corrected chi connectivity index (χ4v) is 4.80. The average Bonchev–Trinajstić information content (AvgIpc) is 3.19. The molecule has 0 saturated carbocycles. The Bertz CT molecular complexity index is 1210. The van der Waals surface area contributed by atoms with Crippen molar-refractivity contribution in [2.24, 2.45) is 5.92 Å². The largest absolute Gasteiger partial charge is 0.507 e. The summed E-state index contributed by atoms with van der Waals surface area (Å²) in [6.07, 6.45) is 1.66. The van der Waals surface area contributed by atoms with Crippen LogP contribution in [-0.4, -0.2) is 79.2 Å². The summed E-state index contributed by atoms with van der Waals surface area (Å²) in [7, 11) is 0. The Labute approximate surface area is 230 Å². The first kappa shape index (κ1) is 28.4. The van der Waals surface area contributed by atoms with E-state index in [1.54, 1.807) is 41.3 Å². The molecule has 0 aromatic heterocycles. The molecule has 2 fully saturated rings. The summed E-state index contributed by atoms with van der Waals surface area (Å²) in [5.41, 5.74) is 2.10. The van der Waals surface area contributed by atoms with Gasteiger partial charge in [-0.15, -0.1) is 0 Å². The van der Waals surface area contributed by atoms with Gasteiger partial charge in [0, 0.05) is 31.7 Å². The van der Waals surface area contributed by atoms with E-state index >= 15 is 0 Å². The van der Waals surface area contributed by atoms with E-state index in [9.17, 15) is 14.7 Å². The number of likely N-dealkylation sites (tertiary alicyclic amines) is 1. The summed E-state index contributed by atoms with van der Waals surface area (Å²) in [6.45, 7) is 14.4. The number of aliphatic hydroxyl groups excluding tert-OH is 1. The number of aliphatic hydroxyl groups is 1. The van der Waals surface area contributed by atoms with Crippen LogP contribution in [0.4, 0.5) is 0 Å². The number of carbonyl (C=O) groups excluding carboxylic acids is 2. The van der Waals surface area contributed by atoms with Crippen molar-refractivity contribution in [3.05, 3.63) is 77.4 Å². The highest BCUT2D eigenvalue weighted by atomic mass is 16.5. The maximum absolute atomic E-state index is 13.4. The molecule has 1 unspecified atom stereocenters. The standard InChI is InChI=1S/C31H38N2O6/c1-5-16-38-25-9-6-23(7-10-25)28-27(29(34)24-8-11-26(22(4)19-24)39-20-21(2)3)30(35)31(36)33(28)13-12-32-14-17-37-18-15-32/h5-11,19,21,28,34H,1,12-18,20H2,2-4H3/b29-27+. The SMILES string of the molecule is C=CCOc1ccc(C2/C(=C(\O)c3ccc(OCC(C)C)c(C)c3)C(=O)C(=O)N2CCN2CCOCC2)cc1. The van der Waals surface area contributed by atoms with Crippen molar-refractivity contribution in [1.29, 1.82) is 0 Å². The number of ketones is 1. The maximum atomic E-state index is 13.4. The Balaban J connectivity index is 1.69. The van der Waals surface area contributed by atoms with Crippen LogP contribution in [0.15, 0.2) is 60.7 Å². The summed E-state index contributed by atoms with van der Waals surface area (Å²) in [6, 6.07) is 11.8. The first-order valence-electron chi connectivity index (χ1n) is 13.5. The Hall–Kier alpha value is -3.62. The number of carbonyl (C=O) groups is 2. The van der Waals surface area contributed by atoms with E-state index in [2.05, 4.69) is 25.3 Å². The molecule has 8 heteroatoms. The minimum atomic E-state index is -0.725. The van der Waals surface area contributed by atoms with Crippen molar-refractivity contribution < 1.29 is 28.9 Å². The first-order valence-corrected chi connectivity index (χ1v) is 13.5. The third-order valence-corrected chi connectivity index (χ3v) is 6.89. The lowest BCUT2D eigenvalue weighted by Gasteiger charge is -2.31. The number of hydrogen-bond acceptors (Lipinski definition) is 7. The van der Waals surface area contributed by atoms with Gasteiger partial charge in [0.2, 0.25) is 0 Å². The zero-order valence-electron chi connectivity index (χ0n) is 23.0. The number of benzene rings is 2. The number of rotatable bonds is 11. The van der Waals surface area contributed by atoms with Crippen LogP contribution in [0.2, 0.25) is 0 Å². The fourth-order valence-electron chi connectivity index (χ4n) is 4.80. The summed E-state index contributed by atoms with van der Waals surface area (Å²) in [5, 5.41) is 11.5. The molecule has 8 nitrogen and oxygen atoms in total. The molecule has 2 aliphatic heterocycles. The van der Waals surface area contributed by atoms with E-state index in [0.29, 0.717) is 56.7 Å². The summed E-state index contributed by atoms with van der Waals surface area (Å²) in [4.78, 5) is 30.5. The van der Waals surface area contributed by atoms with Crippen LogP contribution >= 0.6 is 0 Å². The number of morpholine rings is 1. The summed E-state index contributed by atoms with van der Waals surface area (Å²) < 4.78 is 16.9. The predicted octanol–water partition coefficient (Wildman–Crippen LogP) is 4.35. The Morgan fingerprint density at radius 1 is 1.10 bits per heavy atom. The molecule has 2 aliphatic rings. The van der Waals surface area contributed by atoms with E-state index in [4.69, 9.17) is 14.2 Å². The second kappa shape index (κ2) is 13.0. The molecule has 0 spiro atoms. The number of ether oxygens (including phenoxy) is 3. The van der Waals surface area contributed by atoms with Crippen LogP contribution in [0.1, 0.15) is 36.6 Å². The van der Waals surface area contributed by atoms with Crippen LogP contribution < -0.4 is 9.47 Å². The van der Waals surface area contributed by atoms with E-state index in [0.717, 1.165) is 30.0 Å². The van der Waals surface area contributed by atoms with Gasteiger partial charge in [-0.25, -0.2) is 0 Å². The normalized spacial score (nSPS) is 19.5. The topological polar surface area (TPSA) is 88.5 Å². The van der Waals surface area contributed by atoms with Gasteiger partial charge in [-0.3, -0.25) is 14.5 Å². The van der Waals surface area contributed by atoms with Crippen molar-refractivity contribution in [1.82, 2.24) is 9.80 Å². The number of nitrogens with zero attached hydrogens (tertiary/aromatic N) is 2. The first-order chi connectivity index (χ1) is 18.8. The van der Waals surface area contributed by atoms with Crippen molar-refractivity contribution in [2.45, 2.75) is 26.8 Å². The van der Waals surface area contributed by atoms with Crippen LogP contribution in [0.25, 0.3) is 5.76 Å². The molecule has 2 heterocycles. The van der Waals surface area contributed by atoms with Gasteiger partial charge in [-0.2, -0.15) is 0 Å². The van der Waals surface area contributed by atoms with Gasteiger partial charge in [0.05, 0.1) is 31.4 Å². The molecule has 1 N–H and O–H groups in total. The molecule has 1 amide bonds. The van der Waals surface area contributed by atoms with E-state index < -0.39 is 17.7 Å². The van der Waals surface area contributed by atoms with Crippen molar-refractivity contribution in [3.63, 3.8) is 0 Å². The van der Waals surface area contributed by atoms with Crippen molar-refractivity contribution in [2.75, 3.05) is 52.6 Å². The van der Waals surface area contributed by atoms with E-state index in [1.165, 1.54) is 0 Å². The highest BCUT2D eigenvalue weighted by Gasteiger charge is 2.46. The van der Waals surface area contributed by atoms with Gasteiger partial charge in [0.15, 0.2) is 0 Å². The molecule has 4 rings (SSSR count). The Kier molecular flexibility index (Phi) is 9.43. The van der Waals surface area contributed by atoms with Gasteiger partial charge < -0.3 is 24.2 Å². The van der Waals surface area contributed by atoms with Crippen LogP contribution in [0.3, 0.4) is 0 Å². The molecule has 208 valence electrons. The van der Waals surface area contributed by atoms with Gasteiger partial charge in [-0.05, 0) is 54.3 Å². The lowest BCUT2D eigenvalue weighted by molar-refractivity contribution is -0.140. The minimum absolute atomic E-state index is 0.0805. The van der Waals surface area contributed by atoms with Crippen LogP contribution in [0.5, 0.6) is 11.5 Å². The van der Waals surface area contributed by atoms with Gasteiger partial charge in [-0.1, -0.05) is 38.6 Å². The maximum Gasteiger partial charge on any atom is 0.295 e. The molecule has 0 radical (unpaired) electrons. The second-order valence-electron chi connectivity index (χ2n) is 10.3. The molecule has 1 atom stereocenters. The monoisotopic (exact) mass is 534 g/mol. The van der Waals surface area contributed by atoms with E-state index in [-0.39, 0.29) is 11.3 Å². The Morgan fingerprint density at radius 2 is 1.82 bits per heavy atom. The third kappa shape index (κ3) is 6.69. The molecule has 2 aromatic rings. The van der Waals surface area contributed by atoms with Gasteiger partial charge >= 0.3 is 0 Å². The van der Waals surface area contributed by atoms with Crippen molar-refractivity contribution in [3.8, 4) is 11.5 Å². The van der Waals surface area contributed by atoms with Crippen LogP contribution in [-0.2, 0) is 14.3 Å². The van der Waals surface area contributed by atoms with E-state index in [1.807, 2.05) is 19.1 Å². The molecular weight excluding hydrogens is 496 g/mol. The third-order valence-electron chi connectivity index (χ3n) is 6.89. The number of Topliss-reactive ketones (excluding diaryl/α,β-unsaturated/α-hetero) is 1. The molecule has 2 aromatic carbocycles. The number of aryl methyl sites for hydroxylation is 1. The summed E-state index contributed by atoms with van der Waals surface area (Å²) in [5.74, 6) is 0.242. The summed E-state index contributed by atoms with van der Waals surface area (Å²) >= 11 is 0. The van der Waals surface area contributed by atoms with Gasteiger partial charge in [0.1, 0.15) is 23.9 Å². The lowest BCUT2D eigenvalue weighted by Crippen LogP contribution is -2.42. The fraction of sp³-hybridized carbons (Fsp3) is 0.419. The second-order valence-corrected chi connectivity index (χ2v) is 10.3. The Morgan fingerprint density at radius 3 is 2.46 bits per heavy atom. The lowest BCUT2D eigenvalue weighted by atomic mass is 9.94. The molecule has 2 saturated heterocycles.